The molecule has 0 radical (unpaired) electrons. The Bertz CT molecular complexity index is 652. The summed E-state index contributed by atoms with van der Waals surface area (Å²) >= 11 is 11.4. The van der Waals surface area contributed by atoms with Crippen molar-refractivity contribution in [1.82, 2.24) is 25.1 Å². The molecular weight excluding hydrogens is 313 g/mol. The van der Waals surface area contributed by atoms with E-state index < -0.39 is 10.6 Å². The van der Waals surface area contributed by atoms with Gasteiger partial charge in [-0.15, -0.1) is 5.10 Å². The molecular formula is C13H13Cl2N5O. The molecule has 2 rings (SSSR count). The van der Waals surface area contributed by atoms with Crippen LogP contribution in [-0.2, 0) is 4.79 Å². The lowest BCUT2D eigenvalue weighted by Gasteiger charge is -2.11. The molecule has 8 heteroatoms. The standard InChI is InChI=1S/C13H13Cl2N5O/c1-19(2)8-10(11(21)12(14)15)13-16-17-18-20(13)9-6-4-3-5-7-9/h3-8,12H,1-2H3/b10-8+. The summed E-state index contributed by atoms with van der Waals surface area (Å²) in [6.45, 7) is 0. The molecule has 0 fully saturated rings. The van der Waals surface area contributed by atoms with Gasteiger partial charge < -0.3 is 4.90 Å². The lowest BCUT2D eigenvalue weighted by molar-refractivity contribution is -0.112. The maximum atomic E-state index is 12.2. The van der Waals surface area contributed by atoms with E-state index in [-0.39, 0.29) is 11.4 Å². The highest BCUT2D eigenvalue weighted by molar-refractivity contribution is 6.58. The Morgan fingerprint density at radius 1 is 1.29 bits per heavy atom. The van der Waals surface area contributed by atoms with E-state index in [0.717, 1.165) is 5.69 Å². The molecule has 0 spiro atoms. The maximum absolute atomic E-state index is 12.2. The van der Waals surface area contributed by atoms with Crippen molar-refractivity contribution in [2.45, 2.75) is 4.84 Å². The van der Waals surface area contributed by atoms with Gasteiger partial charge in [-0.05, 0) is 22.6 Å². The minimum atomic E-state index is -1.18. The van der Waals surface area contributed by atoms with E-state index in [2.05, 4.69) is 15.5 Å². The van der Waals surface area contributed by atoms with Gasteiger partial charge in [0, 0.05) is 20.3 Å². The van der Waals surface area contributed by atoms with Gasteiger partial charge in [-0.25, -0.2) is 0 Å². The minimum Gasteiger partial charge on any atom is -0.383 e. The van der Waals surface area contributed by atoms with Crippen LogP contribution in [0.15, 0.2) is 36.5 Å². The number of carbonyl (C=O) groups excluding carboxylic acids is 1. The Balaban J connectivity index is 2.53. The van der Waals surface area contributed by atoms with Crippen molar-refractivity contribution in [2.24, 2.45) is 0 Å². The smallest absolute Gasteiger partial charge is 0.201 e. The monoisotopic (exact) mass is 325 g/mol. The Kier molecular flexibility index (Phi) is 4.93. The molecule has 1 heterocycles. The number of Topliss-reactive ketones (excluding diaryl/α,β-unsaturated/α-hetero) is 1. The summed E-state index contributed by atoms with van der Waals surface area (Å²) in [5.74, 6) is -0.176. The largest absolute Gasteiger partial charge is 0.383 e. The quantitative estimate of drug-likeness (QED) is 0.621. The number of carbonyl (C=O) groups is 1. The summed E-state index contributed by atoms with van der Waals surface area (Å²) in [6.07, 6.45) is 1.59. The van der Waals surface area contributed by atoms with Crippen LogP contribution in [0.25, 0.3) is 11.3 Å². The van der Waals surface area contributed by atoms with Crippen molar-refractivity contribution in [3.05, 3.63) is 42.4 Å². The van der Waals surface area contributed by atoms with Gasteiger partial charge in [-0.2, -0.15) is 4.68 Å². The third-order valence-electron chi connectivity index (χ3n) is 2.56. The van der Waals surface area contributed by atoms with Crippen LogP contribution in [0.3, 0.4) is 0 Å². The number of nitrogens with zero attached hydrogens (tertiary/aromatic N) is 5. The third-order valence-corrected chi connectivity index (χ3v) is 2.96. The third kappa shape index (κ3) is 3.59. The average molecular weight is 326 g/mol. The van der Waals surface area contributed by atoms with E-state index >= 15 is 0 Å². The molecule has 0 N–H and O–H groups in total. The second-order valence-electron chi connectivity index (χ2n) is 4.42. The Labute approximate surface area is 131 Å². The zero-order chi connectivity index (χ0) is 15.4. The zero-order valence-corrected chi connectivity index (χ0v) is 13.0. The molecule has 0 atom stereocenters. The number of allylic oxidation sites excluding steroid dienone is 1. The van der Waals surface area contributed by atoms with Gasteiger partial charge >= 0.3 is 0 Å². The van der Waals surface area contributed by atoms with Gasteiger partial charge in [0.15, 0.2) is 10.7 Å². The number of tetrazole rings is 1. The Morgan fingerprint density at radius 2 is 1.95 bits per heavy atom. The molecule has 0 unspecified atom stereocenters. The number of alkyl halides is 2. The van der Waals surface area contributed by atoms with Crippen LogP contribution in [0, 0.1) is 0 Å². The lowest BCUT2D eigenvalue weighted by Crippen LogP contribution is -2.17. The first kappa shape index (κ1) is 15.5. The van der Waals surface area contributed by atoms with Crippen molar-refractivity contribution in [3.63, 3.8) is 0 Å². The predicted molar refractivity (Wildman–Crippen MR) is 81.3 cm³/mol. The normalized spacial score (nSPS) is 11.8. The second-order valence-corrected chi connectivity index (χ2v) is 5.52. The highest BCUT2D eigenvalue weighted by Crippen LogP contribution is 2.21. The minimum absolute atomic E-state index is 0.240. The lowest BCUT2D eigenvalue weighted by atomic mass is 10.2. The highest BCUT2D eigenvalue weighted by Gasteiger charge is 2.24. The van der Waals surface area contributed by atoms with E-state index in [1.807, 2.05) is 30.3 Å². The van der Waals surface area contributed by atoms with Crippen LogP contribution in [0.5, 0.6) is 0 Å². The molecule has 0 amide bonds. The number of hydrogen-bond acceptors (Lipinski definition) is 5. The van der Waals surface area contributed by atoms with Crippen LogP contribution in [0.1, 0.15) is 5.82 Å². The van der Waals surface area contributed by atoms with Crippen molar-refractivity contribution in [2.75, 3.05) is 14.1 Å². The highest BCUT2D eigenvalue weighted by atomic mass is 35.5. The summed E-state index contributed by atoms with van der Waals surface area (Å²) in [5, 5.41) is 11.5. The molecule has 110 valence electrons. The number of para-hydroxylation sites is 1. The molecule has 0 bridgehead atoms. The van der Waals surface area contributed by atoms with Gasteiger partial charge in [0.25, 0.3) is 0 Å². The molecule has 0 aliphatic rings. The molecule has 1 aromatic carbocycles. The molecule has 0 aliphatic heterocycles. The van der Waals surface area contributed by atoms with Crippen molar-refractivity contribution in [1.29, 1.82) is 0 Å². The van der Waals surface area contributed by atoms with Gasteiger partial charge in [0.05, 0.1) is 11.3 Å². The van der Waals surface area contributed by atoms with Crippen molar-refractivity contribution in [3.8, 4) is 5.69 Å². The van der Waals surface area contributed by atoms with E-state index in [1.54, 1.807) is 25.2 Å². The number of halogens is 2. The fraction of sp³-hybridized carbons (Fsp3) is 0.231. The van der Waals surface area contributed by atoms with Gasteiger partial charge in [-0.3, -0.25) is 4.79 Å². The molecule has 0 saturated carbocycles. The zero-order valence-electron chi connectivity index (χ0n) is 11.4. The molecule has 0 saturated heterocycles. The van der Waals surface area contributed by atoms with Crippen molar-refractivity contribution >= 4 is 34.6 Å². The van der Waals surface area contributed by atoms with E-state index in [0.29, 0.717) is 0 Å². The van der Waals surface area contributed by atoms with Gasteiger partial charge in [0.2, 0.25) is 5.78 Å². The van der Waals surface area contributed by atoms with E-state index in [4.69, 9.17) is 23.2 Å². The molecule has 2 aromatic rings. The first-order valence-electron chi connectivity index (χ1n) is 6.05. The molecule has 6 nitrogen and oxygen atoms in total. The van der Waals surface area contributed by atoms with E-state index in [9.17, 15) is 4.79 Å². The first-order chi connectivity index (χ1) is 10.0. The maximum Gasteiger partial charge on any atom is 0.201 e. The summed E-state index contributed by atoms with van der Waals surface area (Å²) < 4.78 is 1.46. The van der Waals surface area contributed by atoms with Crippen LogP contribution in [-0.4, -0.2) is 49.8 Å². The van der Waals surface area contributed by atoms with Gasteiger partial charge in [0.1, 0.15) is 0 Å². The summed E-state index contributed by atoms with van der Waals surface area (Å²) in [4.78, 5) is 12.7. The van der Waals surface area contributed by atoms with Crippen LogP contribution in [0.4, 0.5) is 0 Å². The summed E-state index contributed by atoms with van der Waals surface area (Å²) in [5.41, 5.74) is 0.972. The van der Waals surface area contributed by atoms with Crippen molar-refractivity contribution < 1.29 is 4.79 Å². The van der Waals surface area contributed by atoms with Gasteiger partial charge in [-0.1, -0.05) is 41.4 Å². The summed E-state index contributed by atoms with van der Waals surface area (Å²) in [7, 11) is 3.56. The number of aromatic nitrogens is 4. The molecule has 1 aromatic heterocycles. The number of hydrogen-bond donors (Lipinski definition) is 0. The summed E-state index contributed by atoms with van der Waals surface area (Å²) in [6, 6.07) is 9.24. The fourth-order valence-electron chi connectivity index (χ4n) is 1.71. The van der Waals surface area contributed by atoms with Crippen LogP contribution in [0.2, 0.25) is 0 Å². The molecule has 0 aliphatic carbocycles. The average Bonchev–Trinajstić information content (AvgIpc) is 2.93. The number of ketones is 1. The Hall–Kier alpha value is -1.92. The SMILES string of the molecule is CN(C)/C=C(\C(=O)C(Cl)Cl)c1nnnn1-c1ccccc1. The van der Waals surface area contributed by atoms with Crippen LogP contribution >= 0.6 is 23.2 Å². The molecule has 21 heavy (non-hydrogen) atoms. The second kappa shape index (κ2) is 6.69. The Morgan fingerprint density at radius 3 is 2.52 bits per heavy atom. The number of benzene rings is 1. The number of rotatable bonds is 5. The van der Waals surface area contributed by atoms with Crippen LogP contribution < -0.4 is 0 Å². The van der Waals surface area contributed by atoms with E-state index in [1.165, 1.54) is 4.68 Å². The topological polar surface area (TPSA) is 63.9 Å². The first-order valence-corrected chi connectivity index (χ1v) is 6.92. The fourth-order valence-corrected chi connectivity index (χ4v) is 1.94. The predicted octanol–water partition coefficient (Wildman–Crippen LogP) is 1.94.